The molecule has 1 aromatic carbocycles. The van der Waals surface area contributed by atoms with Crippen LogP contribution < -0.4 is 14.8 Å². The van der Waals surface area contributed by atoms with Crippen LogP contribution in [0.25, 0.3) is 0 Å². The first kappa shape index (κ1) is 28.3. The van der Waals surface area contributed by atoms with Crippen molar-refractivity contribution in [3.8, 4) is 11.5 Å². The molecule has 8 nitrogen and oxygen atoms in total. The Bertz CT molecular complexity index is 846. The summed E-state index contributed by atoms with van der Waals surface area (Å²) in [5.74, 6) is -1.17. The van der Waals surface area contributed by atoms with E-state index in [1.165, 1.54) is 0 Å². The highest BCUT2D eigenvalue weighted by Gasteiger charge is 2.42. The third kappa shape index (κ3) is 8.37. The van der Waals surface area contributed by atoms with Gasteiger partial charge in [0.25, 0.3) is 5.79 Å². The number of anilines is 1. The Balaban J connectivity index is 2.50. The summed E-state index contributed by atoms with van der Waals surface area (Å²) >= 11 is 0. The number of carbonyl (C=O) groups is 2. The summed E-state index contributed by atoms with van der Waals surface area (Å²) < 4.78 is 21.8. The monoisotopic (exact) mass is 490 g/mol. The second-order valence-corrected chi connectivity index (χ2v) is 9.20. The molecule has 0 amide bonds. The molecule has 0 aromatic heterocycles. The minimum atomic E-state index is -1.31. The lowest BCUT2D eigenvalue weighted by molar-refractivity contribution is -0.222. The fourth-order valence-corrected chi connectivity index (χ4v) is 3.97. The number of carbonyl (C=O) groups excluding carboxylic acids is 2. The molecule has 0 radical (unpaired) electrons. The van der Waals surface area contributed by atoms with E-state index in [1.54, 1.807) is 46.3 Å². The van der Waals surface area contributed by atoms with Gasteiger partial charge in [-0.2, -0.15) is 0 Å². The van der Waals surface area contributed by atoms with Gasteiger partial charge in [0, 0.05) is 33.0 Å². The summed E-state index contributed by atoms with van der Waals surface area (Å²) in [6.45, 7) is 8.83. The number of cyclic esters (lactones) is 2. The maximum atomic E-state index is 13.1. The molecule has 0 unspecified atom stereocenters. The van der Waals surface area contributed by atoms with Crippen LogP contribution in [0.15, 0.2) is 29.6 Å². The SMILES string of the molecule is CCCCCCN(CCCCCC)C(Nc1ccc(OC)cc1OC)=C1C(=O)OC(C)(C)OC1=O. The highest BCUT2D eigenvalue weighted by atomic mass is 16.7. The first-order valence-electron chi connectivity index (χ1n) is 12.7. The first-order chi connectivity index (χ1) is 16.8. The summed E-state index contributed by atoms with van der Waals surface area (Å²) in [6.07, 6.45) is 8.53. The van der Waals surface area contributed by atoms with Gasteiger partial charge in [0.2, 0.25) is 0 Å². The summed E-state index contributed by atoms with van der Waals surface area (Å²) in [4.78, 5) is 28.2. The smallest absolute Gasteiger partial charge is 0.352 e. The minimum Gasteiger partial charge on any atom is -0.497 e. The Morgan fingerprint density at radius 1 is 0.886 bits per heavy atom. The van der Waals surface area contributed by atoms with Crippen LogP contribution in [0.2, 0.25) is 0 Å². The van der Waals surface area contributed by atoms with Gasteiger partial charge in [0.1, 0.15) is 17.3 Å². The zero-order valence-corrected chi connectivity index (χ0v) is 22.2. The van der Waals surface area contributed by atoms with E-state index in [0.29, 0.717) is 36.1 Å². The number of nitrogens with zero attached hydrogens (tertiary/aromatic N) is 1. The molecule has 35 heavy (non-hydrogen) atoms. The van der Waals surface area contributed by atoms with Crippen LogP contribution in [0.5, 0.6) is 11.5 Å². The normalized spacial score (nSPS) is 14.7. The molecule has 1 fully saturated rings. The van der Waals surface area contributed by atoms with E-state index in [4.69, 9.17) is 18.9 Å². The van der Waals surface area contributed by atoms with Crippen LogP contribution in [0.1, 0.15) is 79.1 Å². The van der Waals surface area contributed by atoms with Crippen molar-refractivity contribution in [1.82, 2.24) is 4.90 Å². The van der Waals surface area contributed by atoms with Gasteiger partial charge in [0.15, 0.2) is 5.57 Å². The lowest BCUT2D eigenvalue weighted by Crippen LogP contribution is -2.45. The standard InChI is InChI=1S/C27H42N2O6/c1-7-9-11-13-17-29(18-14-12-10-8-2)24(23-25(30)34-27(3,4)35-26(23)31)28-21-16-15-20(32-5)19-22(21)33-6/h15-16,19,28H,7-14,17-18H2,1-6H3. The molecule has 1 aliphatic rings. The molecule has 196 valence electrons. The lowest BCUT2D eigenvalue weighted by atomic mass is 10.1. The van der Waals surface area contributed by atoms with Gasteiger partial charge in [0.05, 0.1) is 19.9 Å². The zero-order valence-electron chi connectivity index (χ0n) is 22.2. The van der Waals surface area contributed by atoms with Crippen molar-refractivity contribution < 1.29 is 28.5 Å². The number of methoxy groups -OCH3 is 2. The van der Waals surface area contributed by atoms with E-state index in [0.717, 1.165) is 51.4 Å². The summed E-state index contributed by atoms with van der Waals surface area (Å²) in [5, 5.41) is 3.31. The molecular weight excluding hydrogens is 448 g/mol. The zero-order chi connectivity index (χ0) is 25.8. The van der Waals surface area contributed by atoms with E-state index in [9.17, 15) is 9.59 Å². The van der Waals surface area contributed by atoms with Gasteiger partial charge in [-0.05, 0) is 25.0 Å². The van der Waals surface area contributed by atoms with E-state index in [-0.39, 0.29) is 5.57 Å². The number of hydrogen-bond donors (Lipinski definition) is 1. The third-order valence-corrected chi connectivity index (χ3v) is 5.86. The quantitative estimate of drug-likeness (QED) is 0.147. The van der Waals surface area contributed by atoms with E-state index < -0.39 is 17.7 Å². The molecule has 0 atom stereocenters. The molecule has 0 spiro atoms. The molecule has 2 rings (SSSR count). The number of nitrogens with one attached hydrogen (secondary N) is 1. The molecule has 1 aromatic rings. The molecule has 1 aliphatic heterocycles. The Morgan fingerprint density at radius 2 is 1.46 bits per heavy atom. The second kappa shape index (κ2) is 13.9. The van der Waals surface area contributed by atoms with Crippen LogP contribution in [0.4, 0.5) is 5.69 Å². The summed E-state index contributed by atoms with van der Waals surface area (Å²) in [5.41, 5.74) is 0.474. The van der Waals surface area contributed by atoms with Crippen molar-refractivity contribution in [2.24, 2.45) is 0 Å². The highest BCUT2D eigenvalue weighted by Crippen LogP contribution is 2.33. The largest absolute Gasteiger partial charge is 0.497 e. The van der Waals surface area contributed by atoms with Crippen LogP contribution in [-0.4, -0.2) is 49.9 Å². The van der Waals surface area contributed by atoms with E-state index >= 15 is 0 Å². The van der Waals surface area contributed by atoms with Crippen molar-refractivity contribution in [1.29, 1.82) is 0 Å². The Hall–Kier alpha value is -2.90. The van der Waals surface area contributed by atoms with Gasteiger partial charge in [-0.3, -0.25) is 0 Å². The number of benzene rings is 1. The molecule has 8 heteroatoms. The molecule has 1 saturated heterocycles. The molecule has 0 bridgehead atoms. The van der Waals surface area contributed by atoms with Crippen molar-refractivity contribution in [2.45, 2.75) is 84.8 Å². The lowest BCUT2D eigenvalue weighted by Gasteiger charge is -2.34. The van der Waals surface area contributed by atoms with Gasteiger partial charge in [-0.25, -0.2) is 9.59 Å². The number of ether oxygens (including phenoxy) is 4. The number of hydrogen-bond acceptors (Lipinski definition) is 8. The van der Waals surface area contributed by atoms with Crippen molar-refractivity contribution in [3.63, 3.8) is 0 Å². The third-order valence-electron chi connectivity index (χ3n) is 5.86. The predicted octanol–water partition coefficient (Wildman–Crippen LogP) is 5.63. The van der Waals surface area contributed by atoms with Crippen LogP contribution in [-0.2, 0) is 19.1 Å². The van der Waals surface area contributed by atoms with E-state index in [2.05, 4.69) is 24.1 Å². The second-order valence-electron chi connectivity index (χ2n) is 9.20. The maximum Gasteiger partial charge on any atom is 0.352 e. The minimum absolute atomic E-state index is 0.131. The summed E-state index contributed by atoms with van der Waals surface area (Å²) in [6, 6.07) is 5.34. The van der Waals surface area contributed by atoms with Crippen molar-refractivity contribution >= 4 is 17.6 Å². The van der Waals surface area contributed by atoms with Crippen LogP contribution >= 0.6 is 0 Å². The van der Waals surface area contributed by atoms with Gasteiger partial charge in [-0.15, -0.1) is 0 Å². The van der Waals surface area contributed by atoms with Gasteiger partial charge in [-0.1, -0.05) is 52.4 Å². The van der Waals surface area contributed by atoms with Crippen molar-refractivity contribution in [2.75, 3.05) is 32.6 Å². The van der Waals surface area contributed by atoms with Gasteiger partial charge >= 0.3 is 11.9 Å². The Morgan fingerprint density at radius 3 is 1.94 bits per heavy atom. The molecule has 0 aliphatic carbocycles. The van der Waals surface area contributed by atoms with Crippen LogP contribution in [0.3, 0.4) is 0 Å². The number of rotatable bonds is 15. The van der Waals surface area contributed by atoms with Gasteiger partial charge < -0.3 is 29.2 Å². The Labute approximate surface area is 209 Å². The number of esters is 2. The average molecular weight is 491 g/mol. The van der Waals surface area contributed by atoms with E-state index in [1.807, 2.05) is 0 Å². The molecular formula is C27H42N2O6. The average Bonchev–Trinajstić information content (AvgIpc) is 2.81. The van der Waals surface area contributed by atoms with Crippen molar-refractivity contribution in [3.05, 3.63) is 29.6 Å². The fraction of sp³-hybridized carbons (Fsp3) is 0.630. The Kier molecular flexibility index (Phi) is 11.2. The molecule has 0 saturated carbocycles. The number of unbranched alkanes of at least 4 members (excludes halogenated alkanes) is 6. The topological polar surface area (TPSA) is 86.3 Å². The summed E-state index contributed by atoms with van der Waals surface area (Å²) in [7, 11) is 3.14. The maximum absolute atomic E-state index is 13.1. The molecule has 1 heterocycles. The predicted molar refractivity (Wildman–Crippen MR) is 136 cm³/mol. The van der Waals surface area contributed by atoms with Crippen LogP contribution in [0, 0.1) is 0 Å². The highest BCUT2D eigenvalue weighted by molar-refractivity contribution is 6.16. The molecule has 1 N–H and O–H groups in total. The fourth-order valence-electron chi connectivity index (χ4n) is 3.97. The first-order valence-corrected chi connectivity index (χ1v) is 12.7.